The predicted molar refractivity (Wildman–Crippen MR) is 93.6 cm³/mol. The predicted octanol–water partition coefficient (Wildman–Crippen LogP) is 0.286. The molecule has 1 aliphatic heterocycles. The van der Waals surface area contributed by atoms with E-state index in [4.69, 9.17) is 9.84 Å². The number of rotatable bonds is 8. The summed E-state index contributed by atoms with van der Waals surface area (Å²) in [7, 11) is -3.18. The Labute approximate surface area is 170 Å². The van der Waals surface area contributed by atoms with E-state index in [-0.39, 0.29) is 57.1 Å². The first-order chi connectivity index (χ1) is 13.9. The quantitative estimate of drug-likeness (QED) is 0.375. The smallest absolute Gasteiger partial charge is 0.497 e. The molecule has 0 aliphatic carbocycles. The second kappa shape index (κ2) is 9.59. The van der Waals surface area contributed by atoms with Crippen molar-refractivity contribution in [3.63, 3.8) is 0 Å². The lowest BCUT2D eigenvalue weighted by Crippen LogP contribution is -2.59. The number of carbonyl (C=O) groups is 2. The number of alkyl halides is 3. The van der Waals surface area contributed by atoms with Crippen molar-refractivity contribution in [1.82, 2.24) is 4.31 Å². The lowest BCUT2D eigenvalue weighted by atomic mass is 10.1. The van der Waals surface area contributed by atoms with Gasteiger partial charge in [-0.1, -0.05) is 6.07 Å². The number of morpholine rings is 1. The normalized spacial score (nSPS) is 16.6. The standard InChI is InChI=1S/C16H19F3N2O8S/c17-16(18,19)15(25)29-21(5-7-28-8-6-21)4-3-20(30(26)27)10-11-1-2-12(14(23)24)13(22)9-11/h1-2,9,30H,3-8,10H2,(H-,22,23,24)/p+1. The Morgan fingerprint density at radius 2 is 1.87 bits per heavy atom. The molecule has 0 saturated carbocycles. The third-order valence-corrected chi connectivity index (χ3v) is 5.25. The van der Waals surface area contributed by atoms with Crippen molar-refractivity contribution in [1.29, 1.82) is 0 Å². The molecule has 1 fully saturated rings. The van der Waals surface area contributed by atoms with E-state index in [0.29, 0.717) is 0 Å². The Hall–Kier alpha value is -2.42. The fraction of sp³-hybridized carbons (Fsp3) is 0.500. The molecular weight excluding hydrogens is 437 g/mol. The molecule has 2 rings (SSSR count). The van der Waals surface area contributed by atoms with Gasteiger partial charge in [-0.2, -0.15) is 17.5 Å². The van der Waals surface area contributed by atoms with Crippen LogP contribution in [0, 0.1) is 0 Å². The molecule has 0 amide bonds. The summed E-state index contributed by atoms with van der Waals surface area (Å²) < 4.78 is 66.3. The molecule has 30 heavy (non-hydrogen) atoms. The Bertz CT molecular complexity index is 861. The lowest BCUT2D eigenvalue weighted by Gasteiger charge is -2.37. The molecule has 0 atom stereocenters. The average Bonchev–Trinajstić information content (AvgIpc) is 2.64. The van der Waals surface area contributed by atoms with E-state index in [1.807, 2.05) is 0 Å². The number of phenols is 1. The van der Waals surface area contributed by atoms with Crippen LogP contribution in [0.2, 0.25) is 0 Å². The largest absolute Gasteiger partial charge is 0.507 e. The van der Waals surface area contributed by atoms with Gasteiger partial charge in [0.15, 0.2) is 0 Å². The van der Waals surface area contributed by atoms with Crippen LogP contribution in [0.25, 0.3) is 0 Å². The van der Waals surface area contributed by atoms with Crippen LogP contribution in [-0.2, 0) is 31.8 Å². The first kappa shape index (κ1) is 23.9. The van der Waals surface area contributed by atoms with Gasteiger partial charge in [-0.25, -0.2) is 18.0 Å². The first-order valence-electron chi connectivity index (χ1n) is 8.62. The molecule has 168 valence electrons. The summed E-state index contributed by atoms with van der Waals surface area (Å²) in [4.78, 5) is 26.9. The van der Waals surface area contributed by atoms with Crippen molar-refractivity contribution < 1.29 is 55.6 Å². The second-order valence-electron chi connectivity index (χ2n) is 6.50. The van der Waals surface area contributed by atoms with Gasteiger partial charge < -0.3 is 14.9 Å². The number of carboxylic acids is 1. The fourth-order valence-electron chi connectivity index (χ4n) is 2.85. The number of ether oxygens (including phenoxy) is 1. The monoisotopic (exact) mass is 457 g/mol. The first-order valence-corrected chi connectivity index (χ1v) is 9.75. The van der Waals surface area contributed by atoms with E-state index in [2.05, 4.69) is 4.84 Å². The minimum absolute atomic E-state index is 0.0270. The van der Waals surface area contributed by atoms with E-state index in [9.17, 15) is 36.3 Å². The van der Waals surface area contributed by atoms with E-state index in [1.54, 1.807) is 0 Å². The van der Waals surface area contributed by atoms with Gasteiger partial charge in [0.1, 0.15) is 30.9 Å². The van der Waals surface area contributed by atoms with Crippen LogP contribution in [0.15, 0.2) is 18.2 Å². The zero-order valence-corrected chi connectivity index (χ0v) is 16.4. The highest BCUT2D eigenvalue weighted by molar-refractivity contribution is 7.69. The van der Waals surface area contributed by atoms with Gasteiger partial charge in [-0.05, 0) is 17.7 Å². The number of benzene rings is 1. The number of nitrogens with zero attached hydrogens (tertiary/aromatic N) is 2. The van der Waals surface area contributed by atoms with Crippen molar-refractivity contribution >= 4 is 22.8 Å². The minimum atomic E-state index is -5.20. The molecular formula is C16H20F3N2O8S+. The number of hydroxylamine groups is 3. The fourth-order valence-corrected chi connectivity index (χ4v) is 3.38. The van der Waals surface area contributed by atoms with Crippen LogP contribution in [0.4, 0.5) is 13.2 Å². The zero-order chi connectivity index (χ0) is 22.5. The van der Waals surface area contributed by atoms with Gasteiger partial charge in [0.2, 0.25) is 10.9 Å². The molecule has 14 heteroatoms. The van der Waals surface area contributed by atoms with Crippen LogP contribution in [-0.4, -0.2) is 85.1 Å². The Morgan fingerprint density at radius 3 is 2.37 bits per heavy atom. The summed E-state index contributed by atoms with van der Waals surface area (Å²) in [6.07, 6.45) is -5.20. The maximum absolute atomic E-state index is 12.6. The molecule has 1 saturated heterocycles. The second-order valence-corrected chi connectivity index (χ2v) is 7.54. The molecule has 0 aromatic heterocycles. The zero-order valence-electron chi connectivity index (χ0n) is 15.5. The number of thiol groups is 1. The topological polar surface area (TPSA) is 130 Å². The van der Waals surface area contributed by atoms with Gasteiger partial charge in [0.25, 0.3) is 0 Å². The highest BCUT2D eigenvalue weighted by Crippen LogP contribution is 2.23. The summed E-state index contributed by atoms with van der Waals surface area (Å²) >= 11 is 0. The summed E-state index contributed by atoms with van der Waals surface area (Å²) in [5.74, 6) is -4.30. The van der Waals surface area contributed by atoms with Crippen molar-refractivity contribution in [2.75, 3.05) is 39.4 Å². The number of hydrogen-bond donors (Lipinski definition) is 3. The van der Waals surface area contributed by atoms with Crippen LogP contribution in [0.5, 0.6) is 5.75 Å². The van der Waals surface area contributed by atoms with Gasteiger partial charge >= 0.3 is 18.1 Å². The molecule has 0 unspecified atom stereocenters. The van der Waals surface area contributed by atoms with E-state index in [1.165, 1.54) is 6.07 Å². The van der Waals surface area contributed by atoms with Crippen molar-refractivity contribution in [2.45, 2.75) is 12.7 Å². The Kier molecular flexibility index (Phi) is 7.63. The van der Waals surface area contributed by atoms with Gasteiger partial charge in [0.05, 0.1) is 19.8 Å². The highest BCUT2D eigenvalue weighted by Gasteiger charge is 2.48. The summed E-state index contributed by atoms with van der Waals surface area (Å²) in [5, 5.41) is 18.6. The number of carboxylic acid groups (broad SMARTS) is 1. The SMILES string of the molecule is O=C(O)c1ccc(CN(CC[N+]2(OC(=O)C(F)(F)F)CCOCC2)[SH](=O)=O)cc1O. The highest BCUT2D eigenvalue weighted by atomic mass is 32.2. The number of quaternary nitrogens is 1. The average molecular weight is 457 g/mol. The molecule has 0 bridgehead atoms. The number of halogens is 3. The van der Waals surface area contributed by atoms with Gasteiger partial charge in [-0.15, -0.1) is 4.65 Å². The Morgan fingerprint density at radius 1 is 1.23 bits per heavy atom. The van der Waals surface area contributed by atoms with Crippen molar-refractivity contribution in [3.8, 4) is 5.75 Å². The molecule has 10 nitrogen and oxygen atoms in total. The number of aromatic carboxylic acids is 1. The number of aromatic hydroxyl groups is 1. The maximum atomic E-state index is 12.6. The van der Waals surface area contributed by atoms with Crippen molar-refractivity contribution in [3.05, 3.63) is 29.3 Å². The maximum Gasteiger partial charge on any atom is 0.497 e. The Balaban J connectivity index is 2.13. The van der Waals surface area contributed by atoms with Crippen LogP contribution in [0.3, 0.4) is 0 Å². The van der Waals surface area contributed by atoms with E-state index >= 15 is 0 Å². The third kappa shape index (κ3) is 6.29. The molecule has 1 aromatic carbocycles. The number of hydrogen-bond acceptors (Lipinski definition) is 7. The molecule has 1 heterocycles. The van der Waals surface area contributed by atoms with Gasteiger partial charge in [0, 0.05) is 6.54 Å². The minimum Gasteiger partial charge on any atom is -0.507 e. The van der Waals surface area contributed by atoms with Crippen molar-refractivity contribution in [2.24, 2.45) is 0 Å². The molecule has 1 aliphatic rings. The van der Waals surface area contributed by atoms with Crippen LogP contribution < -0.4 is 0 Å². The van der Waals surface area contributed by atoms with Gasteiger partial charge in [-0.3, -0.25) is 4.84 Å². The third-order valence-electron chi connectivity index (χ3n) is 4.45. The van der Waals surface area contributed by atoms with E-state index in [0.717, 1.165) is 16.4 Å². The summed E-state index contributed by atoms with van der Waals surface area (Å²) in [5.41, 5.74) is -0.105. The van der Waals surface area contributed by atoms with Crippen LogP contribution >= 0.6 is 0 Å². The molecule has 2 N–H and O–H groups in total. The number of carbonyl (C=O) groups excluding carboxylic acids is 1. The van der Waals surface area contributed by atoms with E-state index < -0.39 is 39.4 Å². The lowest BCUT2D eigenvalue weighted by molar-refractivity contribution is -1.09. The summed E-state index contributed by atoms with van der Waals surface area (Å²) in [6, 6.07) is 3.49. The molecule has 0 radical (unpaired) electrons. The molecule has 1 aromatic rings. The molecule has 0 spiro atoms. The van der Waals surface area contributed by atoms with Crippen LogP contribution in [0.1, 0.15) is 15.9 Å². The summed E-state index contributed by atoms with van der Waals surface area (Å²) in [6.45, 7) is -0.925.